The molecule has 62 valence electrons. The summed E-state index contributed by atoms with van der Waals surface area (Å²) in [5, 5.41) is 3.35. The molecule has 0 aliphatic rings. The van der Waals surface area contributed by atoms with E-state index in [4.69, 9.17) is 0 Å². The number of nitrogens with one attached hydrogen (secondary N) is 1. The van der Waals surface area contributed by atoms with Gasteiger partial charge in [-0.3, -0.25) is 0 Å². The van der Waals surface area contributed by atoms with Gasteiger partial charge >= 0.3 is 0 Å². The van der Waals surface area contributed by atoms with Crippen LogP contribution in [-0.2, 0) is 0 Å². The molecule has 1 N–H and O–H groups in total. The minimum absolute atomic E-state index is 0.795. The molecule has 0 spiro atoms. The highest BCUT2D eigenvalue weighted by atomic mass is 32.1. The van der Waals surface area contributed by atoms with Crippen molar-refractivity contribution in [2.75, 3.05) is 18.8 Å². The van der Waals surface area contributed by atoms with Gasteiger partial charge in [0, 0.05) is 20.4 Å². The lowest BCUT2D eigenvalue weighted by Gasteiger charge is -2.15. The second-order valence-corrected chi connectivity index (χ2v) is 9.85. The van der Waals surface area contributed by atoms with E-state index < -0.39 is 8.07 Å². The summed E-state index contributed by atoms with van der Waals surface area (Å²) in [6, 6.07) is 1.38. The summed E-state index contributed by atoms with van der Waals surface area (Å²) < 4.78 is 0. The van der Waals surface area contributed by atoms with Crippen molar-refractivity contribution in [2.24, 2.45) is 0 Å². The molecule has 0 aromatic carbocycles. The minimum atomic E-state index is -0.795. The van der Waals surface area contributed by atoms with Gasteiger partial charge in [-0.25, -0.2) is 0 Å². The molecule has 0 bridgehead atoms. The van der Waals surface area contributed by atoms with Gasteiger partial charge in [-0.15, -0.1) is 0 Å². The van der Waals surface area contributed by atoms with Gasteiger partial charge < -0.3 is 5.32 Å². The molecule has 0 aromatic rings. The third-order valence-electron chi connectivity index (χ3n) is 1.34. The van der Waals surface area contributed by atoms with Crippen molar-refractivity contribution in [1.82, 2.24) is 5.32 Å². The topological polar surface area (TPSA) is 12.0 Å². The zero-order valence-corrected chi connectivity index (χ0v) is 9.17. The Balaban J connectivity index is 3.04. The molecule has 0 rings (SSSR count). The standard InChI is InChI=1S/C7H19NSSi/c1-10(2,3)7-5-8-4-6-9/h8-9H,4-7H2,1-3H3. The monoisotopic (exact) mass is 177 g/mol. The summed E-state index contributed by atoms with van der Waals surface area (Å²) in [6.07, 6.45) is 0. The van der Waals surface area contributed by atoms with Crippen LogP contribution in [0.15, 0.2) is 0 Å². The van der Waals surface area contributed by atoms with Crippen LogP contribution in [-0.4, -0.2) is 26.9 Å². The maximum absolute atomic E-state index is 4.11. The quantitative estimate of drug-likeness (QED) is 0.371. The molecule has 0 saturated carbocycles. The molecular weight excluding hydrogens is 158 g/mol. The van der Waals surface area contributed by atoms with Gasteiger partial charge in [0.15, 0.2) is 0 Å². The van der Waals surface area contributed by atoms with Crippen LogP contribution in [0, 0.1) is 0 Å². The number of hydrogen-bond donors (Lipinski definition) is 2. The van der Waals surface area contributed by atoms with E-state index in [0.29, 0.717) is 0 Å². The number of hydrogen-bond acceptors (Lipinski definition) is 2. The second kappa shape index (κ2) is 5.21. The third kappa shape index (κ3) is 8.53. The molecular formula is C7H19NSSi. The molecule has 0 heterocycles. The van der Waals surface area contributed by atoms with Crippen molar-refractivity contribution in [1.29, 1.82) is 0 Å². The molecule has 10 heavy (non-hydrogen) atoms. The molecule has 0 atom stereocenters. The fraction of sp³-hybridized carbons (Fsp3) is 1.00. The largest absolute Gasteiger partial charge is 0.316 e. The van der Waals surface area contributed by atoms with E-state index in [1.807, 2.05) is 0 Å². The summed E-state index contributed by atoms with van der Waals surface area (Å²) in [7, 11) is -0.795. The van der Waals surface area contributed by atoms with Gasteiger partial charge in [0.1, 0.15) is 0 Å². The lowest BCUT2D eigenvalue weighted by atomic mass is 10.6. The van der Waals surface area contributed by atoms with Crippen molar-refractivity contribution in [2.45, 2.75) is 25.7 Å². The van der Waals surface area contributed by atoms with Gasteiger partial charge in [0.05, 0.1) is 0 Å². The SMILES string of the molecule is C[Si](C)(C)CCNCCS. The van der Waals surface area contributed by atoms with Crippen LogP contribution in [0.4, 0.5) is 0 Å². The van der Waals surface area contributed by atoms with E-state index in [9.17, 15) is 0 Å². The molecule has 3 heteroatoms. The lowest BCUT2D eigenvalue weighted by molar-refractivity contribution is 0.762. The van der Waals surface area contributed by atoms with Crippen LogP contribution in [0.5, 0.6) is 0 Å². The molecule has 0 aromatic heterocycles. The maximum Gasteiger partial charge on any atom is 0.0455 e. The first-order valence-corrected chi connectivity index (χ1v) is 8.22. The second-order valence-electron chi connectivity index (χ2n) is 3.78. The van der Waals surface area contributed by atoms with Crippen LogP contribution in [0.3, 0.4) is 0 Å². The Hall–Kier alpha value is 0.527. The summed E-state index contributed by atoms with van der Waals surface area (Å²) >= 11 is 4.11. The van der Waals surface area contributed by atoms with Gasteiger partial charge in [-0.05, 0) is 12.6 Å². The Kier molecular flexibility index (Phi) is 5.49. The predicted molar refractivity (Wildman–Crippen MR) is 54.9 cm³/mol. The first-order valence-electron chi connectivity index (χ1n) is 3.88. The normalized spacial score (nSPS) is 12.0. The molecule has 0 unspecified atom stereocenters. The van der Waals surface area contributed by atoms with Crippen LogP contribution in [0.2, 0.25) is 25.7 Å². The van der Waals surface area contributed by atoms with Gasteiger partial charge in [-0.1, -0.05) is 19.6 Å². The Morgan fingerprint density at radius 1 is 1.20 bits per heavy atom. The molecule has 0 aliphatic heterocycles. The molecule has 0 fully saturated rings. The minimum Gasteiger partial charge on any atom is -0.316 e. The average Bonchev–Trinajstić information content (AvgIpc) is 1.78. The lowest BCUT2D eigenvalue weighted by Crippen LogP contribution is -2.27. The van der Waals surface area contributed by atoms with Crippen molar-refractivity contribution >= 4 is 20.7 Å². The zero-order chi connectivity index (χ0) is 8.04. The molecule has 0 aliphatic carbocycles. The summed E-state index contributed by atoms with van der Waals surface area (Å²) in [5.74, 6) is 0.950. The fourth-order valence-corrected chi connectivity index (χ4v) is 1.75. The predicted octanol–water partition coefficient (Wildman–Crippen LogP) is 1.84. The molecule has 0 radical (unpaired) electrons. The fourth-order valence-electron chi connectivity index (χ4n) is 0.667. The van der Waals surface area contributed by atoms with Crippen molar-refractivity contribution < 1.29 is 0 Å². The van der Waals surface area contributed by atoms with E-state index in [0.717, 1.165) is 12.3 Å². The van der Waals surface area contributed by atoms with Gasteiger partial charge in [0.2, 0.25) is 0 Å². The summed E-state index contributed by atoms with van der Waals surface area (Å²) in [6.45, 7) is 9.42. The Bertz CT molecular complexity index is 80.2. The Morgan fingerprint density at radius 2 is 1.80 bits per heavy atom. The van der Waals surface area contributed by atoms with E-state index in [2.05, 4.69) is 37.6 Å². The van der Waals surface area contributed by atoms with Crippen molar-refractivity contribution in [3.05, 3.63) is 0 Å². The number of rotatable bonds is 5. The van der Waals surface area contributed by atoms with E-state index >= 15 is 0 Å². The van der Waals surface area contributed by atoms with Crippen molar-refractivity contribution in [3.63, 3.8) is 0 Å². The Labute approximate surface area is 71.0 Å². The molecule has 1 nitrogen and oxygen atoms in total. The highest BCUT2D eigenvalue weighted by Crippen LogP contribution is 2.05. The van der Waals surface area contributed by atoms with Crippen LogP contribution in [0.1, 0.15) is 0 Å². The highest BCUT2D eigenvalue weighted by Gasteiger charge is 2.10. The van der Waals surface area contributed by atoms with Crippen LogP contribution in [0.25, 0.3) is 0 Å². The first-order chi connectivity index (χ1) is 4.56. The van der Waals surface area contributed by atoms with Crippen molar-refractivity contribution in [3.8, 4) is 0 Å². The number of thiol groups is 1. The molecule has 0 saturated heterocycles. The van der Waals surface area contributed by atoms with Gasteiger partial charge in [-0.2, -0.15) is 12.6 Å². The summed E-state index contributed by atoms with van der Waals surface area (Å²) in [5.41, 5.74) is 0. The van der Waals surface area contributed by atoms with Gasteiger partial charge in [0.25, 0.3) is 0 Å². The van der Waals surface area contributed by atoms with E-state index in [1.54, 1.807) is 0 Å². The maximum atomic E-state index is 4.11. The Morgan fingerprint density at radius 3 is 2.20 bits per heavy atom. The summed E-state index contributed by atoms with van der Waals surface area (Å²) in [4.78, 5) is 0. The highest BCUT2D eigenvalue weighted by molar-refractivity contribution is 7.80. The van der Waals surface area contributed by atoms with Crippen LogP contribution < -0.4 is 5.32 Å². The van der Waals surface area contributed by atoms with E-state index in [-0.39, 0.29) is 0 Å². The van der Waals surface area contributed by atoms with E-state index in [1.165, 1.54) is 12.6 Å². The average molecular weight is 177 g/mol. The zero-order valence-electron chi connectivity index (χ0n) is 7.28. The first kappa shape index (κ1) is 10.5. The third-order valence-corrected chi connectivity index (χ3v) is 3.31. The smallest absolute Gasteiger partial charge is 0.0455 e. The molecule has 0 amide bonds. The van der Waals surface area contributed by atoms with Crippen LogP contribution >= 0.6 is 12.6 Å².